The van der Waals surface area contributed by atoms with Gasteiger partial charge in [0, 0.05) is 23.7 Å². The summed E-state index contributed by atoms with van der Waals surface area (Å²) < 4.78 is 11.9. The number of carbonyl (C=O) groups excluding carboxylic acids is 1. The van der Waals surface area contributed by atoms with Crippen molar-refractivity contribution < 1.29 is 9.00 Å². The van der Waals surface area contributed by atoms with Crippen LogP contribution in [0.4, 0.5) is 0 Å². The topological polar surface area (TPSA) is 74.1 Å². The molecule has 0 aromatic heterocycles. The molecule has 0 saturated heterocycles. The first-order valence-corrected chi connectivity index (χ1v) is 11.9. The highest BCUT2D eigenvalue weighted by Gasteiger charge is 2.19. The molecule has 0 spiro atoms. The largest absolute Gasteiger partial charge is 0.355 e. The van der Waals surface area contributed by atoms with Gasteiger partial charge in [-0.2, -0.15) is 0 Å². The van der Waals surface area contributed by atoms with E-state index < -0.39 is 10.8 Å². The van der Waals surface area contributed by atoms with Crippen LogP contribution in [0.2, 0.25) is 0 Å². The lowest BCUT2D eigenvalue weighted by Crippen LogP contribution is -2.41. The van der Waals surface area contributed by atoms with Gasteiger partial charge in [0.25, 0.3) is 0 Å². The van der Waals surface area contributed by atoms with E-state index in [1.54, 1.807) is 0 Å². The van der Waals surface area contributed by atoms with Gasteiger partial charge in [0.15, 0.2) is 18.0 Å². The van der Waals surface area contributed by atoms with Crippen molar-refractivity contribution in [1.29, 1.82) is 0 Å². The van der Waals surface area contributed by atoms with Gasteiger partial charge in [0.1, 0.15) is 5.16 Å². The number of allylic oxidation sites excluding steroid dienone is 1. The van der Waals surface area contributed by atoms with E-state index in [-0.39, 0.29) is 17.0 Å². The zero-order chi connectivity index (χ0) is 23.6. The molecule has 31 heavy (non-hydrogen) atoms. The standard InChI is InChI=1S/C23H33ClN4O2S/c1-8-17(5)28(7)23(26-18(6)24)22(16(3)4)27-21(15-29)25-14-19-10-12-20(13-11-19)31(30)9-2/h10-13,15,17H,6,8-9,14H2,1-5,7H3,(H,25,27)/b26-23+. The molecule has 1 aromatic carbocycles. The molecule has 2 atom stereocenters. The predicted octanol–water partition coefficient (Wildman–Crippen LogP) is 4.63. The van der Waals surface area contributed by atoms with Crippen LogP contribution in [0.25, 0.3) is 0 Å². The number of aliphatic imine (C=N–C) groups is 2. The lowest BCUT2D eigenvalue weighted by molar-refractivity contribution is -0.102. The first kappa shape index (κ1) is 26.8. The van der Waals surface area contributed by atoms with E-state index in [9.17, 15) is 9.00 Å². The van der Waals surface area contributed by atoms with Crippen LogP contribution in [0.15, 0.2) is 62.2 Å². The van der Waals surface area contributed by atoms with Crippen LogP contribution in [0.5, 0.6) is 0 Å². The second-order valence-electron chi connectivity index (χ2n) is 7.28. The van der Waals surface area contributed by atoms with Crippen LogP contribution in [-0.2, 0) is 22.1 Å². The van der Waals surface area contributed by atoms with Gasteiger partial charge in [-0.25, -0.2) is 4.99 Å². The Hall–Kier alpha value is -2.25. The molecule has 2 unspecified atom stereocenters. The predicted molar refractivity (Wildman–Crippen MR) is 132 cm³/mol. The zero-order valence-corrected chi connectivity index (χ0v) is 20.8. The molecule has 0 bridgehead atoms. The van der Waals surface area contributed by atoms with Crippen LogP contribution in [0.1, 0.15) is 46.6 Å². The van der Waals surface area contributed by atoms with Gasteiger partial charge in [-0.3, -0.25) is 14.0 Å². The second-order valence-corrected chi connectivity index (χ2v) is 9.45. The molecule has 0 aliphatic rings. The summed E-state index contributed by atoms with van der Waals surface area (Å²) in [5.41, 5.74) is 2.49. The minimum atomic E-state index is -0.992. The van der Waals surface area contributed by atoms with Crippen LogP contribution < -0.4 is 5.32 Å². The minimum Gasteiger partial charge on any atom is -0.355 e. The summed E-state index contributed by atoms with van der Waals surface area (Å²) in [4.78, 5) is 23.3. The maximum absolute atomic E-state index is 11.9. The van der Waals surface area contributed by atoms with Crippen LogP contribution in [0, 0.1) is 0 Å². The molecule has 170 valence electrons. The van der Waals surface area contributed by atoms with E-state index in [0.717, 1.165) is 22.5 Å². The molecular formula is C23H33ClN4O2S. The summed E-state index contributed by atoms with van der Waals surface area (Å²) in [5.74, 6) is 1.35. The molecule has 0 aliphatic carbocycles. The van der Waals surface area contributed by atoms with Crippen molar-refractivity contribution in [2.24, 2.45) is 9.98 Å². The van der Waals surface area contributed by atoms with Crippen LogP contribution >= 0.6 is 11.6 Å². The van der Waals surface area contributed by atoms with E-state index in [1.807, 2.05) is 57.0 Å². The Bertz CT molecular complexity index is 887. The number of likely N-dealkylation sites (N-methyl/N-ethyl adjacent to an activating group) is 1. The first-order chi connectivity index (χ1) is 14.6. The minimum absolute atomic E-state index is 0.153. The molecule has 0 aliphatic heterocycles. The number of carbonyl (C=O) groups is 1. The quantitative estimate of drug-likeness (QED) is 0.237. The number of hydrogen-bond acceptors (Lipinski definition) is 4. The lowest BCUT2D eigenvalue weighted by Gasteiger charge is -2.29. The number of nitrogens with zero attached hydrogens (tertiary/aromatic N) is 3. The average molecular weight is 465 g/mol. The third-order valence-electron chi connectivity index (χ3n) is 4.78. The molecule has 0 heterocycles. The number of amidine groups is 2. The third-order valence-corrected chi connectivity index (χ3v) is 6.19. The van der Waals surface area contributed by atoms with Crippen LogP contribution in [-0.4, -0.2) is 45.9 Å². The summed E-state index contributed by atoms with van der Waals surface area (Å²) in [5, 5.41) is 3.27. The zero-order valence-electron chi connectivity index (χ0n) is 19.2. The summed E-state index contributed by atoms with van der Waals surface area (Å²) in [7, 11) is 0.936. The second kappa shape index (κ2) is 13.2. The number of rotatable bonds is 10. The summed E-state index contributed by atoms with van der Waals surface area (Å²) in [6.07, 6.45) is 1.59. The Morgan fingerprint density at radius 1 is 1.29 bits per heavy atom. The van der Waals surface area contributed by atoms with E-state index in [4.69, 9.17) is 11.6 Å². The molecule has 0 radical (unpaired) electrons. The number of nitrogens with one attached hydrogen (secondary N) is 1. The smallest absolute Gasteiger partial charge is 0.185 e. The van der Waals surface area contributed by atoms with E-state index in [1.165, 1.54) is 0 Å². The summed E-state index contributed by atoms with van der Waals surface area (Å²) >= 11 is 5.99. The van der Waals surface area contributed by atoms with Gasteiger partial charge in [0.2, 0.25) is 0 Å². The number of hydrogen-bond donors (Lipinski definition) is 1. The van der Waals surface area contributed by atoms with Crippen molar-refractivity contribution >= 4 is 40.4 Å². The monoisotopic (exact) mass is 464 g/mol. The van der Waals surface area contributed by atoms with Gasteiger partial charge in [-0.1, -0.05) is 44.2 Å². The van der Waals surface area contributed by atoms with Crippen LogP contribution in [0.3, 0.4) is 0 Å². The fourth-order valence-corrected chi connectivity index (χ4v) is 3.49. The molecule has 6 nitrogen and oxygen atoms in total. The SMILES string of the molecule is C=C(Cl)/N=C(\C(NC(C=O)=NCc1ccc(S(=O)CC)cc1)=C(C)C)N(C)C(C)CC. The molecule has 0 saturated carbocycles. The summed E-state index contributed by atoms with van der Waals surface area (Å²) in [6.45, 7) is 13.9. The van der Waals surface area contributed by atoms with E-state index >= 15 is 0 Å². The van der Waals surface area contributed by atoms with Gasteiger partial charge in [0.05, 0.1) is 23.0 Å². The Morgan fingerprint density at radius 2 is 1.90 bits per heavy atom. The molecule has 8 heteroatoms. The number of benzene rings is 1. The van der Waals surface area contributed by atoms with Crippen molar-refractivity contribution in [3.63, 3.8) is 0 Å². The Balaban J connectivity index is 3.15. The van der Waals surface area contributed by atoms with Crippen molar-refractivity contribution in [3.05, 3.63) is 52.8 Å². The molecular weight excluding hydrogens is 432 g/mol. The first-order valence-electron chi connectivity index (χ1n) is 10.2. The van der Waals surface area contributed by atoms with Gasteiger partial charge < -0.3 is 10.2 Å². The van der Waals surface area contributed by atoms with Crippen molar-refractivity contribution in [1.82, 2.24) is 10.2 Å². The Kier molecular flexibility index (Phi) is 11.4. The van der Waals surface area contributed by atoms with Gasteiger partial charge >= 0.3 is 0 Å². The number of aldehydes is 1. The van der Waals surface area contributed by atoms with Gasteiger partial charge in [-0.15, -0.1) is 0 Å². The number of halogens is 1. The highest BCUT2D eigenvalue weighted by atomic mass is 35.5. The fourth-order valence-electron chi connectivity index (χ4n) is 2.64. The maximum atomic E-state index is 11.9. The van der Waals surface area contributed by atoms with Crippen molar-refractivity contribution in [2.75, 3.05) is 12.8 Å². The highest BCUT2D eigenvalue weighted by molar-refractivity contribution is 7.85. The molecule has 0 fully saturated rings. The Labute approximate surface area is 193 Å². The van der Waals surface area contributed by atoms with Crippen molar-refractivity contribution in [3.8, 4) is 0 Å². The maximum Gasteiger partial charge on any atom is 0.185 e. The summed E-state index contributed by atoms with van der Waals surface area (Å²) in [6, 6.07) is 7.61. The highest BCUT2D eigenvalue weighted by Crippen LogP contribution is 2.15. The average Bonchev–Trinajstić information content (AvgIpc) is 2.76. The third kappa shape index (κ3) is 8.42. The molecule has 1 N–H and O–H groups in total. The molecule has 1 aromatic rings. The fraction of sp³-hybridized carbons (Fsp3) is 0.435. The van der Waals surface area contributed by atoms with E-state index in [0.29, 0.717) is 30.1 Å². The van der Waals surface area contributed by atoms with E-state index in [2.05, 4.69) is 35.7 Å². The van der Waals surface area contributed by atoms with Crippen molar-refractivity contribution in [2.45, 2.75) is 58.5 Å². The molecule has 0 amide bonds. The lowest BCUT2D eigenvalue weighted by atomic mass is 10.1. The Morgan fingerprint density at radius 3 is 2.35 bits per heavy atom. The van der Waals surface area contributed by atoms with Gasteiger partial charge in [-0.05, 0) is 50.5 Å². The normalized spacial score (nSPS) is 13.9. The molecule has 1 rings (SSSR count).